The molecule has 0 spiro atoms. The highest BCUT2D eigenvalue weighted by atomic mass is 14.3. The second-order valence-electron chi connectivity index (χ2n) is 14.4. The standard InChI is InChI=1S/C54H34/c1-3-16-35(17-4-1)37-32-38(36-18-5-2-6-19-36)34-39(33-37)52-45-24-11-13-26-47(45)54(48-27-14-12-25-46(48)52)51-31-30-50-43-23-10-8-21-41(43)40-20-7-9-22-42(40)44-28-15-29-49(51)53(44)50/h1-34H. The second-order valence-corrected chi connectivity index (χ2v) is 14.4. The van der Waals surface area contributed by atoms with E-state index in [0.717, 1.165) is 0 Å². The van der Waals surface area contributed by atoms with E-state index in [-0.39, 0.29) is 0 Å². The van der Waals surface area contributed by atoms with Crippen molar-refractivity contribution >= 4 is 32.3 Å². The highest BCUT2D eigenvalue weighted by Crippen LogP contribution is 2.52. The van der Waals surface area contributed by atoms with Gasteiger partial charge in [0.25, 0.3) is 0 Å². The van der Waals surface area contributed by atoms with Gasteiger partial charge in [-0.1, -0.05) is 188 Å². The van der Waals surface area contributed by atoms with E-state index in [1.807, 2.05) is 0 Å². The van der Waals surface area contributed by atoms with Crippen LogP contribution >= 0.6 is 0 Å². The van der Waals surface area contributed by atoms with E-state index in [4.69, 9.17) is 0 Å². The Kier molecular flexibility index (Phi) is 6.97. The van der Waals surface area contributed by atoms with Crippen molar-refractivity contribution in [2.75, 3.05) is 0 Å². The van der Waals surface area contributed by atoms with Crippen molar-refractivity contribution in [1.29, 1.82) is 0 Å². The fourth-order valence-corrected chi connectivity index (χ4v) is 9.08. The summed E-state index contributed by atoms with van der Waals surface area (Å²) >= 11 is 0. The first-order valence-electron chi connectivity index (χ1n) is 18.8. The average Bonchev–Trinajstić information content (AvgIpc) is 3.37. The molecule has 0 aromatic heterocycles. The summed E-state index contributed by atoms with van der Waals surface area (Å²) in [5, 5.41) is 7.61. The summed E-state index contributed by atoms with van der Waals surface area (Å²) in [6.07, 6.45) is 0. The molecule has 0 unspecified atom stereocenters. The molecule has 0 heteroatoms. The Bertz CT molecular complexity index is 2910. The van der Waals surface area contributed by atoms with Gasteiger partial charge in [0, 0.05) is 0 Å². The molecular formula is C54H34. The summed E-state index contributed by atoms with van der Waals surface area (Å²) in [7, 11) is 0. The highest BCUT2D eigenvalue weighted by molar-refractivity contribution is 6.26. The second kappa shape index (κ2) is 12.3. The first-order valence-corrected chi connectivity index (χ1v) is 18.8. The molecule has 0 heterocycles. The maximum absolute atomic E-state index is 2.39. The first-order chi connectivity index (χ1) is 26.8. The maximum atomic E-state index is 2.39. The zero-order valence-corrected chi connectivity index (χ0v) is 29.6. The zero-order valence-electron chi connectivity index (χ0n) is 29.6. The van der Waals surface area contributed by atoms with Crippen molar-refractivity contribution in [2.24, 2.45) is 0 Å². The molecule has 10 aromatic rings. The molecule has 1 aliphatic rings. The smallest absolute Gasteiger partial charge is 0.00201 e. The van der Waals surface area contributed by atoms with Crippen LogP contribution in [0.3, 0.4) is 0 Å². The lowest BCUT2D eigenvalue weighted by Crippen LogP contribution is -1.94. The van der Waals surface area contributed by atoms with Crippen LogP contribution in [-0.2, 0) is 0 Å². The molecule has 0 bridgehead atoms. The van der Waals surface area contributed by atoms with E-state index < -0.39 is 0 Å². The molecule has 0 saturated heterocycles. The lowest BCUT2D eigenvalue weighted by molar-refractivity contribution is 1.58. The van der Waals surface area contributed by atoms with Crippen LogP contribution in [0.15, 0.2) is 206 Å². The molecule has 0 atom stereocenters. The summed E-state index contributed by atoms with van der Waals surface area (Å²) in [4.78, 5) is 0. The molecule has 1 aliphatic carbocycles. The van der Waals surface area contributed by atoms with Gasteiger partial charge in [-0.15, -0.1) is 0 Å². The van der Waals surface area contributed by atoms with E-state index in [1.165, 1.54) is 110 Å². The molecule has 250 valence electrons. The van der Waals surface area contributed by atoms with Gasteiger partial charge in [0.15, 0.2) is 0 Å². The Morgan fingerprint density at radius 2 is 0.537 bits per heavy atom. The predicted molar refractivity (Wildman–Crippen MR) is 231 cm³/mol. The quantitative estimate of drug-likeness (QED) is 0.162. The van der Waals surface area contributed by atoms with Gasteiger partial charge >= 0.3 is 0 Å². The Morgan fingerprint density at radius 1 is 0.185 bits per heavy atom. The monoisotopic (exact) mass is 682 g/mol. The summed E-state index contributed by atoms with van der Waals surface area (Å²) in [6.45, 7) is 0. The number of rotatable bonds is 4. The third-order valence-corrected chi connectivity index (χ3v) is 11.4. The Balaban J connectivity index is 1.23. The molecule has 0 saturated carbocycles. The summed E-state index contributed by atoms with van der Waals surface area (Å²) < 4.78 is 0. The van der Waals surface area contributed by atoms with Gasteiger partial charge in [-0.2, -0.15) is 0 Å². The third kappa shape index (κ3) is 4.71. The van der Waals surface area contributed by atoms with E-state index in [2.05, 4.69) is 206 Å². The van der Waals surface area contributed by atoms with Crippen LogP contribution in [0.5, 0.6) is 0 Å². The van der Waals surface area contributed by atoms with Gasteiger partial charge in [0.05, 0.1) is 0 Å². The molecule has 0 aliphatic heterocycles. The molecular weight excluding hydrogens is 649 g/mol. The molecule has 0 amide bonds. The normalized spacial score (nSPS) is 11.7. The molecule has 0 N–H and O–H groups in total. The Labute approximate surface area is 315 Å². The van der Waals surface area contributed by atoms with Crippen molar-refractivity contribution in [2.45, 2.75) is 0 Å². The summed E-state index contributed by atoms with van der Waals surface area (Å²) in [5.74, 6) is 0. The van der Waals surface area contributed by atoms with Gasteiger partial charge in [0.1, 0.15) is 0 Å². The van der Waals surface area contributed by atoms with Crippen LogP contribution in [0.25, 0.3) is 110 Å². The van der Waals surface area contributed by atoms with E-state index in [0.29, 0.717) is 0 Å². The van der Waals surface area contributed by atoms with Crippen LogP contribution in [0.4, 0.5) is 0 Å². The van der Waals surface area contributed by atoms with Crippen LogP contribution in [0.2, 0.25) is 0 Å². The molecule has 11 rings (SSSR count). The van der Waals surface area contributed by atoms with Gasteiger partial charge in [0.2, 0.25) is 0 Å². The minimum atomic E-state index is 1.21. The fraction of sp³-hybridized carbons (Fsp3) is 0. The lowest BCUT2D eigenvalue weighted by Gasteiger charge is -2.21. The lowest BCUT2D eigenvalue weighted by atomic mass is 9.82. The van der Waals surface area contributed by atoms with Crippen LogP contribution in [0, 0.1) is 0 Å². The number of hydrogen-bond donors (Lipinski definition) is 0. The topological polar surface area (TPSA) is 0 Å². The van der Waals surface area contributed by atoms with E-state index >= 15 is 0 Å². The fourth-order valence-electron chi connectivity index (χ4n) is 9.08. The van der Waals surface area contributed by atoms with Gasteiger partial charge < -0.3 is 0 Å². The highest BCUT2D eigenvalue weighted by Gasteiger charge is 2.24. The summed E-state index contributed by atoms with van der Waals surface area (Å²) in [6, 6.07) is 76.2. The van der Waals surface area contributed by atoms with Crippen molar-refractivity contribution in [3.8, 4) is 77.9 Å². The molecule has 0 fully saturated rings. The SMILES string of the molecule is c1ccc(-c2cc(-c3ccccc3)cc(-c3c4ccccc4c(-c4ccc5c6c(cccc46)-c4ccccc4-c4ccccc4-5)c4ccccc34)c2)cc1. The zero-order chi connectivity index (χ0) is 35.6. The van der Waals surface area contributed by atoms with E-state index in [9.17, 15) is 0 Å². The minimum Gasteiger partial charge on any atom is -0.0622 e. The molecule has 0 nitrogen and oxygen atoms in total. The van der Waals surface area contributed by atoms with Crippen LogP contribution in [0.1, 0.15) is 0 Å². The molecule has 0 radical (unpaired) electrons. The minimum absolute atomic E-state index is 1.21. The van der Waals surface area contributed by atoms with Crippen LogP contribution in [-0.4, -0.2) is 0 Å². The molecule has 10 aromatic carbocycles. The largest absolute Gasteiger partial charge is 0.0622 e. The maximum Gasteiger partial charge on any atom is -0.00201 e. The number of fused-ring (bicyclic) bond motifs is 7. The first kappa shape index (κ1) is 30.6. The number of hydrogen-bond acceptors (Lipinski definition) is 0. The Morgan fingerprint density at radius 3 is 1.06 bits per heavy atom. The third-order valence-electron chi connectivity index (χ3n) is 11.4. The molecule has 54 heavy (non-hydrogen) atoms. The summed E-state index contributed by atoms with van der Waals surface area (Å²) in [5.41, 5.74) is 17.6. The average molecular weight is 683 g/mol. The predicted octanol–water partition coefficient (Wildman–Crippen LogP) is 15.1. The van der Waals surface area contributed by atoms with Crippen molar-refractivity contribution in [3.05, 3.63) is 206 Å². The Hall–Kier alpha value is -7.02. The van der Waals surface area contributed by atoms with Crippen molar-refractivity contribution < 1.29 is 0 Å². The van der Waals surface area contributed by atoms with Crippen molar-refractivity contribution in [1.82, 2.24) is 0 Å². The van der Waals surface area contributed by atoms with E-state index in [1.54, 1.807) is 0 Å². The number of benzene rings is 10. The van der Waals surface area contributed by atoms with Crippen LogP contribution < -0.4 is 0 Å². The van der Waals surface area contributed by atoms with Crippen molar-refractivity contribution in [3.63, 3.8) is 0 Å². The van der Waals surface area contributed by atoms with Gasteiger partial charge in [-0.25, -0.2) is 0 Å². The van der Waals surface area contributed by atoms with Gasteiger partial charge in [-0.05, 0) is 128 Å². The van der Waals surface area contributed by atoms with Gasteiger partial charge in [-0.3, -0.25) is 0 Å².